The van der Waals surface area contributed by atoms with Gasteiger partial charge in [0.1, 0.15) is 12.2 Å². The van der Waals surface area contributed by atoms with Gasteiger partial charge in [-0.05, 0) is 33.0 Å². The molecule has 0 spiro atoms. The second-order valence-electron chi connectivity index (χ2n) is 6.07. The molecule has 5 heteroatoms. The normalized spacial score (nSPS) is 13.1. The van der Waals surface area contributed by atoms with Gasteiger partial charge in [0.25, 0.3) is 0 Å². The van der Waals surface area contributed by atoms with Crippen LogP contribution >= 0.6 is 0 Å². The number of ketones is 1. The molecular formula is C15H30O4Si. The van der Waals surface area contributed by atoms with Crippen molar-refractivity contribution < 1.29 is 18.8 Å². The number of hydrogen-bond acceptors (Lipinski definition) is 4. The van der Waals surface area contributed by atoms with Gasteiger partial charge in [-0.1, -0.05) is 26.2 Å². The Balaban J connectivity index is 4.31. The molecule has 0 aromatic rings. The van der Waals surface area contributed by atoms with E-state index in [2.05, 4.69) is 26.6 Å². The summed E-state index contributed by atoms with van der Waals surface area (Å²) in [6.07, 6.45) is 4.41. The molecule has 0 aliphatic heterocycles. The molecule has 0 saturated heterocycles. The number of hydrogen-bond donors (Lipinski definition) is 0. The lowest BCUT2D eigenvalue weighted by Gasteiger charge is -2.26. The molecule has 0 radical (unpaired) electrons. The second-order valence-corrected chi connectivity index (χ2v) is 10.5. The Morgan fingerprint density at radius 2 is 1.75 bits per heavy atom. The number of esters is 1. The van der Waals surface area contributed by atoms with E-state index in [0.29, 0.717) is 13.0 Å². The highest BCUT2D eigenvalue weighted by Gasteiger charge is 2.23. The van der Waals surface area contributed by atoms with E-state index < -0.39 is 14.3 Å². The van der Waals surface area contributed by atoms with Gasteiger partial charge in [0.2, 0.25) is 0 Å². The fourth-order valence-electron chi connectivity index (χ4n) is 2.02. The summed E-state index contributed by atoms with van der Waals surface area (Å²) in [5, 5.41) is 0. The van der Waals surface area contributed by atoms with Crippen LogP contribution in [0.25, 0.3) is 0 Å². The Morgan fingerprint density at radius 1 is 1.10 bits per heavy atom. The third kappa shape index (κ3) is 11.2. The Bertz CT molecular complexity index is 297. The topological polar surface area (TPSA) is 52.6 Å². The molecule has 0 heterocycles. The van der Waals surface area contributed by atoms with E-state index in [1.165, 1.54) is 0 Å². The number of carbonyl (C=O) groups is 2. The summed E-state index contributed by atoms with van der Waals surface area (Å²) >= 11 is 0. The molecule has 0 aromatic heterocycles. The Kier molecular flexibility index (Phi) is 9.76. The fourth-order valence-corrected chi connectivity index (χ4v) is 3.22. The Labute approximate surface area is 124 Å². The fraction of sp³-hybridized carbons (Fsp3) is 0.867. The number of Topliss-reactive ketones (excluding diaryl/α,β-unsaturated/α-hetero) is 1. The summed E-state index contributed by atoms with van der Waals surface area (Å²) < 4.78 is 10.9. The quantitative estimate of drug-likeness (QED) is 0.253. The van der Waals surface area contributed by atoms with Gasteiger partial charge in [-0.3, -0.25) is 9.59 Å². The van der Waals surface area contributed by atoms with Crippen molar-refractivity contribution in [2.45, 2.75) is 78.1 Å². The number of rotatable bonds is 11. The second kappa shape index (κ2) is 10.1. The van der Waals surface area contributed by atoms with Crippen molar-refractivity contribution in [3.8, 4) is 0 Å². The standard InChI is InChI=1S/C15H30O4Si/c1-6-8-9-10-14(19-20(3,4)5)11-13(16)12-15(17)18-7-2/h14H,6-12H2,1-5H3. The zero-order chi connectivity index (χ0) is 15.6. The lowest BCUT2D eigenvalue weighted by molar-refractivity contribution is -0.145. The third-order valence-corrected chi connectivity index (χ3v) is 3.79. The maximum absolute atomic E-state index is 11.9. The molecular weight excluding hydrogens is 272 g/mol. The number of ether oxygens (including phenoxy) is 1. The highest BCUT2D eigenvalue weighted by atomic mass is 28.4. The maximum Gasteiger partial charge on any atom is 0.313 e. The molecule has 118 valence electrons. The van der Waals surface area contributed by atoms with Crippen molar-refractivity contribution in [2.75, 3.05) is 6.61 Å². The zero-order valence-electron chi connectivity index (χ0n) is 13.7. The van der Waals surface area contributed by atoms with Crippen LogP contribution in [-0.2, 0) is 18.8 Å². The summed E-state index contributed by atoms with van der Waals surface area (Å²) in [6.45, 7) is 10.6. The first-order valence-corrected chi connectivity index (χ1v) is 11.0. The molecule has 0 rings (SSSR count). The van der Waals surface area contributed by atoms with Crippen molar-refractivity contribution in [1.82, 2.24) is 0 Å². The number of unbranched alkanes of at least 4 members (excludes halogenated alkanes) is 2. The van der Waals surface area contributed by atoms with Gasteiger partial charge < -0.3 is 9.16 Å². The zero-order valence-corrected chi connectivity index (χ0v) is 14.7. The average molecular weight is 302 g/mol. The number of carbonyl (C=O) groups excluding carboxylic acids is 2. The predicted molar refractivity (Wildman–Crippen MR) is 83.2 cm³/mol. The first kappa shape index (κ1) is 19.3. The van der Waals surface area contributed by atoms with Crippen LogP contribution < -0.4 is 0 Å². The van der Waals surface area contributed by atoms with Gasteiger partial charge in [0.15, 0.2) is 8.32 Å². The lowest BCUT2D eigenvalue weighted by Crippen LogP contribution is -2.33. The van der Waals surface area contributed by atoms with E-state index >= 15 is 0 Å². The van der Waals surface area contributed by atoms with E-state index in [1.54, 1.807) is 6.92 Å². The van der Waals surface area contributed by atoms with Gasteiger partial charge in [-0.2, -0.15) is 0 Å². The van der Waals surface area contributed by atoms with E-state index in [1.807, 2.05) is 0 Å². The van der Waals surface area contributed by atoms with Crippen molar-refractivity contribution >= 4 is 20.1 Å². The molecule has 20 heavy (non-hydrogen) atoms. The molecule has 0 bridgehead atoms. The van der Waals surface area contributed by atoms with Crippen molar-refractivity contribution in [1.29, 1.82) is 0 Å². The largest absolute Gasteiger partial charge is 0.466 e. The van der Waals surface area contributed by atoms with Crippen LogP contribution in [0.4, 0.5) is 0 Å². The van der Waals surface area contributed by atoms with E-state index in [0.717, 1.165) is 25.7 Å². The first-order chi connectivity index (χ1) is 9.28. The van der Waals surface area contributed by atoms with Gasteiger partial charge >= 0.3 is 5.97 Å². The van der Waals surface area contributed by atoms with E-state index in [4.69, 9.17) is 9.16 Å². The van der Waals surface area contributed by atoms with E-state index in [9.17, 15) is 9.59 Å². The Hall–Kier alpha value is -0.683. The van der Waals surface area contributed by atoms with Crippen molar-refractivity contribution in [3.63, 3.8) is 0 Å². The molecule has 0 fully saturated rings. The van der Waals surface area contributed by atoms with Gasteiger partial charge in [0.05, 0.1) is 12.7 Å². The monoisotopic (exact) mass is 302 g/mol. The molecule has 1 atom stereocenters. The minimum Gasteiger partial charge on any atom is -0.466 e. The van der Waals surface area contributed by atoms with Crippen LogP contribution in [-0.4, -0.2) is 32.8 Å². The van der Waals surface area contributed by atoms with Gasteiger partial charge in [0, 0.05) is 6.42 Å². The van der Waals surface area contributed by atoms with Crippen LogP contribution in [0.3, 0.4) is 0 Å². The van der Waals surface area contributed by atoms with Crippen molar-refractivity contribution in [2.24, 2.45) is 0 Å². The van der Waals surface area contributed by atoms with Gasteiger partial charge in [-0.25, -0.2) is 0 Å². The van der Waals surface area contributed by atoms with Crippen LogP contribution in [0, 0.1) is 0 Å². The summed E-state index contributed by atoms with van der Waals surface area (Å²) in [6, 6.07) is 0. The van der Waals surface area contributed by atoms with Crippen LogP contribution in [0.2, 0.25) is 19.6 Å². The van der Waals surface area contributed by atoms with Crippen LogP contribution in [0.5, 0.6) is 0 Å². The molecule has 0 saturated carbocycles. The summed E-state index contributed by atoms with van der Waals surface area (Å²) in [4.78, 5) is 23.2. The SMILES string of the molecule is CCCCCC(CC(=O)CC(=O)OCC)O[Si](C)(C)C. The molecule has 1 unspecified atom stereocenters. The van der Waals surface area contributed by atoms with E-state index in [-0.39, 0.29) is 18.3 Å². The summed E-state index contributed by atoms with van der Waals surface area (Å²) in [7, 11) is -1.67. The molecule has 0 aliphatic rings. The summed E-state index contributed by atoms with van der Waals surface area (Å²) in [5.74, 6) is -0.513. The molecule has 0 amide bonds. The average Bonchev–Trinajstić information content (AvgIpc) is 2.26. The lowest BCUT2D eigenvalue weighted by atomic mass is 10.0. The molecule has 0 aliphatic carbocycles. The smallest absolute Gasteiger partial charge is 0.313 e. The molecule has 0 N–H and O–H groups in total. The molecule has 4 nitrogen and oxygen atoms in total. The third-order valence-electron chi connectivity index (χ3n) is 2.75. The highest BCUT2D eigenvalue weighted by molar-refractivity contribution is 6.69. The molecule has 0 aromatic carbocycles. The minimum atomic E-state index is -1.67. The highest BCUT2D eigenvalue weighted by Crippen LogP contribution is 2.17. The van der Waals surface area contributed by atoms with Gasteiger partial charge in [-0.15, -0.1) is 0 Å². The maximum atomic E-state index is 11.9. The summed E-state index contributed by atoms with van der Waals surface area (Å²) in [5.41, 5.74) is 0. The Morgan fingerprint density at radius 3 is 2.25 bits per heavy atom. The predicted octanol–water partition coefficient (Wildman–Crippen LogP) is 3.70. The minimum absolute atomic E-state index is 0.0462. The first-order valence-electron chi connectivity index (χ1n) is 7.63. The van der Waals surface area contributed by atoms with Crippen LogP contribution in [0.15, 0.2) is 0 Å². The van der Waals surface area contributed by atoms with Crippen molar-refractivity contribution in [3.05, 3.63) is 0 Å². The van der Waals surface area contributed by atoms with Crippen LogP contribution in [0.1, 0.15) is 52.4 Å².